The molecule has 2 aliphatic carbocycles. The second kappa shape index (κ2) is 2.04. The summed E-state index contributed by atoms with van der Waals surface area (Å²) in [5.41, 5.74) is 0.406. The van der Waals surface area contributed by atoms with Gasteiger partial charge in [0.1, 0.15) is 0 Å². The summed E-state index contributed by atoms with van der Waals surface area (Å²) < 4.78 is 0. The molecule has 2 saturated carbocycles. The number of amides is 1. The fourth-order valence-electron chi connectivity index (χ4n) is 3.41. The van der Waals surface area contributed by atoms with E-state index in [4.69, 9.17) is 0 Å². The lowest BCUT2D eigenvalue weighted by molar-refractivity contribution is -0.119. The highest BCUT2D eigenvalue weighted by Crippen LogP contribution is 2.57. The van der Waals surface area contributed by atoms with Crippen LogP contribution in [-0.4, -0.2) is 12.5 Å². The first-order valence-electron chi connectivity index (χ1n) is 5.04. The lowest BCUT2D eigenvalue weighted by Crippen LogP contribution is -2.20. The lowest BCUT2D eigenvalue weighted by Gasteiger charge is -2.29. The number of hydrogen-bond acceptors (Lipinski definition) is 1. The molecular weight excluding hydrogens is 150 g/mol. The molecule has 1 saturated heterocycles. The van der Waals surface area contributed by atoms with Crippen molar-refractivity contribution >= 4 is 5.91 Å². The van der Waals surface area contributed by atoms with Crippen LogP contribution in [0.15, 0.2) is 0 Å². The van der Waals surface area contributed by atoms with Crippen LogP contribution in [0, 0.1) is 17.3 Å². The summed E-state index contributed by atoms with van der Waals surface area (Å²) in [4.78, 5) is 11.1. The highest BCUT2D eigenvalue weighted by atomic mass is 16.1. The third-order valence-electron chi connectivity index (χ3n) is 4.16. The average Bonchev–Trinajstić information content (AvgIpc) is 2.47. The molecule has 0 radical (unpaired) electrons. The zero-order valence-electron chi connectivity index (χ0n) is 7.31. The molecule has 1 spiro atoms. The van der Waals surface area contributed by atoms with Crippen LogP contribution in [0.1, 0.15) is 32.1 Å². The van der Waals surface area contributed by atoms with Crippen molar-refractivity contribution in [3.63, 3.8) is 0 Å². The average molecular weight is 165 g/mol. The van der Waals surface area contributed by atoms with Crippen molar-refractivity contribution in [1.29, 1.82) is 0 Å². The molecule has 3 aliphatic rings. The summed E-state index contributed by atoms with van der Waals surface area (Å²) >= 11 is 0. The number of nitrogens with one attached hydrogen (secondary N) is 1. The number of fused-ring (bicyclic) bond motifs is 1. The molecule has 0 aromatic rings. The summed E-state index contributed by atoms with van der Waals surface area (Å²) in [7, 11) is 0. The van der Waals surface area contributed by atoms with Gasteiger partial charge in [0.05, 0.1) is 0 Å². The number of carbonyl (C=O) groups excluding carboxylic acids is 1. The molecule has 1 N–H and O–H groups in total. The minimum Gasteiger partial charge on any atom is -0.356 e. The molecule has 2 nitrogen and oxygen atoms in total. The fourth-order valence-corrected chi connectivity index (χ4v) is 3.41. The Labute approximate surface area is 72.7 Å². The van der Waals surface area contributed by atoms with Crippen molar-refractivity contribution in [3.05, 3.63) is 0 Å². The van der Waals surface area contributed by atoms with Crippen LogP contribution in [0.25, 0.3) is 0 Å². The van der Waals surface area contributed by atoms with Gasteiger partial charge in [0.15, 0.2) is 0 Å². The van der Waals surface area contributed by atoms with E-state index in [2.05, 4.69) is 5.32 Å². The van der Waals surface area contributed by atoms with Crippen molar-refractivity contribution in [1.82, 2.24) is 5.32 Å². The van der Waals surface area contributed by atoms with E-state index in [0.717, 1.165) is 24.8 Å². The van der Waals surface area contributed by atoms with Gasteiger partial charge >= 0.3 is 0 Å². The molecule has 66 valence electrons. The largest absolute Gasteiger partial charge is 0.356 e. The topological polar surface area (TPSA) is 29.1 Å². The lowest BCUT2D eigenvalue weighted by atomic mass is 9.77. The van der Waals surface area contributed by atoms with Gasteiger partial charge in [-0.05, 0) is 42.9 Å². The van der Waals surface area contributed by atoms with Gasteiger partial charge in [-0.25, -0.2) is 0 Å². The van der Waals surface area contributed by atoms with Crippen molar-refractivity contribution in [2.45, 2.75) is 32.1 Å². The third-order valence-corrected chi connectivity index (χ3v) is 4.16. The molecule has 2 heteroatoms. The minimum atomic E-state index is 0.288. The van der Waals surface area contributed by atoms with Gasteiger partial charge < -0.3 is 5.32 Å². The summed E-state index contributed by atoms with van der Waals surface area (Å²) in [6.45, 7) is 0.971. The van der Waals surface area contributed by atoms with Crippen molar-refractivity contribution in [2.75, 3.05) is 6.54 Å². The smallest absolute Gasteiger partial charge is 0.220 e. The Balaban J connectivity index is 1.80. The van der Waals surface area contributed by atoms with Crippen LogP contribution in [0.5, 0.6) is 0 Å². The van der Waals surface area contributed by atoms with E-state index >= 15 is 0 Å². The molecule has 3 atom stereocenters. The summed E-state index contributed by atoms with van der Waals surface area (Å²) in [6.07, 6.45) is 6.34. The van der Waals surface area contributed by atoms with Crippen LogP contribution in [0.4, 0.5) is 0 Å². The van der Waals surface area contributed by atoms with Crippen LogP contribution in [0.2, 0.25) is 0 Å². The molecule has 3 fully saturated rings. The number of carbonyl (C=O) groups is 1. The number of hydrogen-bond donors (Lipinski definition) is 1. The summed E-state index contributed by atoms with van der Waals surface area (Å²) in [5, 5.41) is 2.98. The predicted molar refractivity (Wildman–Crippen MR) is 45.5 cm³/mol. The monoisotopic (exact) mass is 165 g/mol. The Morgan fingerprint density at radius 3 is 2.33 bits per heavy atom. The zero-order valence-corrected chi connectivity index (χ0v) is 7.31. The van der Waals surface area contributed by atoms with Gasteiger partial charge in [0.2, 0.25) is 5.91 Å². The summed E-state index contributed by atoms with van der Waals surface area (Å²) in [6, 6.07) is 0. The maximum Gasteiger partial charge on any atom is 0.220 e. The first kappa shape index (κ1) is 6.93. The van der Waals surface area contributed by atoms with Crippen molar-refractivity contribution in [3.8, 4) is 0 Å². The molecule has 1 aliphatic heterocycles. The van der Waals surface area contributed by atoms with Gasteiger partial charge in [-0.3, -0.25) is 4.79 Å². The molecule has 12 heavy (non-hydrogen) atoms. The third kappa shape index (κ3) is 0.782. The van der Waals surface area contributed by atoms with E-state index in [1.54, 1.807) is 0 Å². The standard InChI is InChI=1S/C10H15NO/c12-9-5-10(6-11-9)3-7-1-2-8(7)4-10/h7-8H,1-6H2,(H,11,12)/t7-,8+,10?. The maximum absolute atomic E-state index is 11.1. The van der Waals surface area contributed by atoms with Gasteiger partial charge in [-0.1, -0.05) is 0 Å². The first-order valence-corrected chi connectivity index (χ1v) is 5.04. The molecule has 1 unspecified atom stereocenters. The Morgan fingerprint density at radius 2 is 1.92 bits per heavy atom. The Morgan fingerprint density at radius 1 is 1.25 bits per heavy atom. The van der Waals surface area contributed by atoms with Crippen molar-refractivity contribution < 1.29 is 4.79 Å². The minimum absolute atomic E-state index is 0.288. The molecule has 1 amide bonds. The Kier molecular flexibility index (Phi) is 1.18. The maximum atomic E-state index is 11.1. The molecule has 0 aromatic carbocycles. The fraction of sp³-hybridized carbons (Fsp3) is 0.900. The number of rotatable bonds is 0. The second-order valence-corrected chi connectivity index (χ2v) is 4.96. The van der Waals surface area contributed by atoms with E-state index in [-0.39, 0.29) is 5.91 Å². The van der Waals surface area contributed by atoms with Crippen molar-refractivity contribution in [2.24, 2.45) is 17.3 Å². The van der Waals surface area contributed by atoms with Crippen LogP contribution in [0.3, 0.4) is 0 Å². The molecule has 3 rings (SSSR count). The Hall–Kier alpha value is -0.530. The van der Waals surface area contributed by atoms with Crippen LogP contribution >= 0.6 is 0 Å². The molecule has 1 heterocycles. The zero-order chi connectivity index (χ0) is 8.18. The highest BCUT2D eigenvalue weighted by Gasteiger charge is 2.51. The second-order valence-electron chi connectivity index (χ2n) is 4.96. The van der Waals surface area contributed by atoms with Gasteiger partial charge in [0.25, 0.3) is 0 Å². The van der Waals surface area contributed by atoms with Crippen LogP contribution < -0.4 is 5.32 Å². The van der Waals surface area contributed by atoms with E-state index in [9.17, 15) is 4.79 Å². The van der Waals surface area contributed by atoms with E-state index in [1.165, 1.54) is 25.7 Å². The highest BCUT2D eigenvalue weighted by molar-refractivity contribution is 5.79. The van der Waals surface area contributed by atoms with Gasteiger partial charge in [-0.2, -0.15) is 0 Å². The van der Waals surface area contributed by atoms with E-state index in [1.807, 2.05) is 0 Å². The van der Waals surface area contributed by atoms with Gasteiger partial charge in [0, 0.05) is 13.0 Å². The molecule has 0 bridgehead atoms. The SMILES string of the molecule is O=C1CC2(CN1)C[C@H]1CC[C@H]1C2. The van der Waals surface area contributed by atoms with Crippen LogP contribution in [-0.2, 0) is 4.79 Å². The normalized spacial score (nSPS) is 50.5. The van der Waals surface area contributed by atoms with E-state index in [0.29, 0.717) is 5.41 Å². The predicted octanol–water partition coefficient (Wildman–Crippen LogP) is 1.31. The summed E-state index contributed by atoms with van der Waals surface area (Å²) in [5.74, 6) is 2.26. The molecular formula is C10H15NO. The Bertz CT molecular complexity index is 224. The molecule has 0 aromatic heterocycles. The quantitative estimate of drug-likeness (QED) is 0.576. The first-order chi connectivity index (χ1) is 5.77. The van der Waals surface area contributed by atoms with E-state index < -0.39 is 0 Å². The van der Waals surface area contributed by atoms with Gasteiger partial charge in [-0.15, -0.1) is 0 Å².